The third kappa shape index (κ3) is 2.37. The van der Waals surface area contributed by atoms with Crippen LogP contribution in [0.15, 0.2) is 24.5 Å². The molecule has 2 aromatic rings. The van der Waals surface area contributed by atoms with E-state index in [0.717, 1.165) is 16.8 Å². The van der Waals surface area contributed by atoms with Crippen LogP contribution in [0.3, 0.4) is 0 Å². The van der Waals surface area contributed by atoms with Gasteiger partial charge in [0.15, 0.2) is 0 Å². The molecule has 2 amide bonds. The van der Waals surface area contributed by atoms with Gasteiger partial charge < -0.3 is 10.2 Å². The highest BCUT2D eigenvalue weighted by atomic mass is 16.2. The van der Waals surface area contributed by atoms with E-state index in [-0.39, 0.29) is 23.7 Å². The van der Waals surface area contributed by atoms with Gasteiger partial charge in [-0.1, -0.05) is 12.1 Å². The average molecular weight is 285 g/mol. The molecule has 1 unspecified atom stereocenters. The largest absolute Gasteiger partial charge is 0.343 e. The molecule has 0 saturated carbocycles. The first-order chi connectivity index (χ1) is 10.1. The maximum Gasteiger partial charge on any atom is 0.289 e. The lowest BCUT2D eigenvalue weighted by atomic mass is 10.0. The van der Waals surface area contributed by atoms with E-state index in [1.807, 2.05) is 25.1 Å². The fourth-order valence-corrected chi connectivity index (χ4v) is 2.42. The van der Waals surface area contributed by atoms with Gasteiger partial charge in [-0.15, -0.1) is 0 Å². The molecule has 1 aliphatic heterocycles. The summed E-state index contributed by atoms with van der Waals surface area (Å²) in [5, 5.41) is 9.01. The van der Waals surface area contributed by atoms with Crippen LogP contribution in [0.5, 0.6) is 0 Å². The third-order valence-corrected chi connectivity index (χ3v) is 3.66. The maximum absolute atomic E-state index is 11.9. The zero-order valence-corrected chi connectivity index (χ0v) is 11.8. The van der Waals surface area contributed by atoms with Crippen LogP contribution in [0, 0.1) is 0 Å². The van der Waals surface area contributed by atoms with Gasteiger partial charge >= 0.3 is 0 Å². The molecule has 1 aromatic carbocycles. The van der Waals surface area contributed by atoms with Crippen molar-refractivity contribution in [3.63, 3.8) is 0 Å². The van der Waals surface area contributed by atoms with Gasteiger partial charge in [0.1, 0.15) is 6.33 Å². The zero-order chi connectivity index (χ0) is 15.0. The Kier molecular flexibility index (Phi) is 3.17. The number of nitrogens with zero attached hydrogens (tertiary/aromatic N) is 3. The normalized spacial score (nSPS) is 15.0. The molecule has 2 heterocycles. The van der Waals surface area contributed by atoms with E-state index >= 15 is 0 Å². The van der Waals surface area contributed by atoms with Crippen molar-refractivity contribution >= 4 is 17.5 Å². The van der Waals surface area contributed by atoms with Crippen LogP contribution in [-0.4, -0.2) is 34.0 Å². The molecule has 1 aromatic heterocycles. The SMILES string of the molecule is CC(NC(=O)c1ncn[nH]1)c1ccc2c(c1)CC(=O)N2C. The Hall–Kier alpha value is -2.70. The number of carbonyl (C=O) groups excluding carboxylic acids is 2. The molecule has 21 heavy (non-hydrogen) atoms. The molecule has 0 radical (unpaired) electrons. The first-order valence-electron chi connectivity index (χ1n) is 6.62. The van der Waals surface area contributed by atoms with E-state index in [4.69, 9.17) is 0 Å². The summed E-state index contributed by atoms with van der Waals surface area (Å²) in [4.78, 5) is 29.1. The highest BCUT2D eigenvalue weighted by molar-refractivity contribution is 6.01. The summed E-state index contributed by atoms with van der Waals surface area (Å²) in [6, 6.07) is 5.60. The Morgan fingerprint density at radius 2 is 2.29 bits per heavy atom. The number of benzene rings is 1. The molecule has 1 aliphatic rings. The predicted molar refractivity (Wildman–Crippen MR) is 75.8 cm³/mol. The molecule has 2 N–H and O–H groups in total. The highest BCUT2D eigenvalue weighted by Gasteiger charge is 2.24. The summed E-state index contributed by atoms with van der Waals surface area (Å²) in [6.07, 6.45) is 1.69. The number of anilines is 1. The van der Waals surface area contributed by atoms with Crippen LogP contribution in [0.2, 0.25) is 0 Å². The van der Waals surface area contributed by atoms with Crippen molar-refractivity contribution in [3.05, 3.63) is 41.5 Å². The van der Waals surface area contributed by atoms with Crippen LogP contribution < -0.4 is 10.2 Å². The standard InChI is InChI=1S/C14H15N5O2/c1-8(17-14(21)13-15-7-16-18-13)9-3-4-11-10(5-9)6-12(20)19(11)2/h3-5,7-8H,6H2,1-2H3,(H,17,21)(H,15,16,18). The topological polar surface area (TPSA) is 91.0 Å². The summed E-state index contributed by atoms with van der Waals surface area (Å²) >= 11 is 0. The first-order valence-corrected chi connectivity index (χ1v) is 6.62. The number of aromatic amines is 1. The Labute approximate surface area is 121 Å². The second-order valence-corrected chi connectivity index (χ2v) is 5.05. The molecular formula is C14H15N5O2. The molecule has 3 rings (SSSR count). The third-order valence-electron chi connectivity index (χ3n) is 3.66. The van der Waals surface area contributed by atoms with Crippen LogP contribution in [-0.2, 0) is 11.2 Å². The summed E-state index contributed by atoms with van der Waals surface area (Å²) < 4.78 is 0. The van der Waals surface area contributed by atoms with Crippen LogP contribution in [0.1, 0.15) is 34.7 Å². The van der Waals surface area contributed by atoms with Crippen molar-refractivity contribution in [2.75, 3.05) is 11.9 Å². The lowest BCUT2D eigenvalue weighted by molar-refractivity contribution is -0.117. The number of likely N-dealkylation sites (N-methyl/N-ethyl adjacent to an activating group) is 1. The molecule has 0 aliphatic carbocycles. The average Bonchev–Trinajstić information content (AvgIpc) is 3.08. The lowest BCUT2D eigenvalue weighted by Gasteiger charge is -2.15. The van der Waals surface area contributed by atoms with Crippen molar-refractivity contribution in [2.45, 2.75) is 19.4 Å². The summed E-state index contributed by atoms with van der Waals surface area (Å²) in [5.41, 5.74) is 2.86. The summed E-state index contributed by atoms with van der Waals surface area (Å²) in [5.74, 6) is -0.0490. The predicted octanol–water partition coefficient (Wildman–Crippen LogP) is 0.815. The van der Waals surface area contributed by atoms with Crippen molar-refractivity contribution in [2.24, 2.45) is 0 Å². The number of hydrogen-bond acceptors (Lipinski definition) is 4. The van der Waals surface area contributed by atoms with Gasteiger partial charge in [-0.05, 0) is 24.1 Å². The van der Waals surface area contributed by atoms with Crippen molar-refractivity contribution in [3.8, 4) is 0 Å². The molecule has 0 fully saturated rings. The number of H-pyrrole nitrogens is 1. The quantitative estimate of drug-likeness (QED) is 0.873. The fourth-order valence-electron chi connectivity index (χ4n) is 2.42. The number of amides is 2. The first kappa shape index (κ1) is 13.3. The number of aromatic nitrogens is 3. The lowest BCUT2D eigenvalue weighted by Crippen LogP contribution is -2.27. The smallest absolute Gasteiger partial charge is 0.289 e. The monoisotopic (exact) mass is 285 g/mol. The second-order valence-electron chi connectivity index (χ2n) is 5.05. The van der Waals surface area contributed by atoms with E-state index < -0.39 is 0 Å². The molecule has 7 nitrogen and oxygen atoms in total. The van der Waals surface area contributed by atoms with Crippen LogP contribution >= 0.6 is 0 Å². The molecule has 0 saturated heterocycles. The van der Waals surface area contributed by atoms with Gasteiger partial charge in [-0.25, -0.2) is 4.98 Å². The number of hydrogen-bond donors (Lipinski definition) is 2. The Bertz CT molecular complexity index is 695. The number of carbonyl (C=O) groups is 2. The van der Waals surface area contributed by atoms with E-state index in [1.54, 1.807) is 11.9 Å². The van der Waals surface area contributed by atoms with E-state index in [9.17, 15) is 9.59 Å². The molecule has 108 valence electrons. The molecule has 1 atom stereocenters. The van der Waals surface area contributed by atoms with Crippen molar-refractivity contribution < 1.29 is 9.59 Å². The minimum absolute atomic E-state index is 0.0838. The zero-order valence-electron chi connectivity index (χ0n) is 11.8. The van der Waals surface area contributed by atoms with Gasteiger partial charge in [0.05, 0.1) is 12.5 Å². The minimum Gasteiger partial charge on any atom is -0.343 e. The Morgan fingerprint density at radius 1 is 1.48 bits per heavy atom. The fraction of sp³-hybridized carbons (Fsp3) is 0.286. The van der Waals surface area contributed by atoms with E-state index in [1.165, 1.54) is 6.33 Å². The number of fused-ring (bicyclic) bond motifs is 1. The second kappa shape index (κ2) is 5.01. The molecular weight excluding hydrogens is 270 g/mol. The van der Waals surface area contributed by atoms with Crippen molar-refractivity contribution in [1.82, 2.24) is 20.5 Å². The Morgan fingerprint density at radius 3 is 3.00 bits per heavy atom. The van der Waals surface area contributed by atoms with Gasteiger partial charge in [-0.2, -0.15) is 5.10 Å². The van der Waals surface area contributed by atoms with E-state index in [2.05, 4.69) is 20.5 Å². The molecule has 0 bridgehead atoms. The van der Waals surface area contributed by atoms with E-state index in [0.29, 0.717) is 6.42 Å². The van der Waals surface area contributed by atoms with Gasteiger partial charge in [0.2, 0.25) is 11.7 Å². The van der Waals surface area contributed by atoms with Gasteiger partial charge in [0, 0.05) is 12.7 Å². The molecule has 0 spiro atoms. The molecule has 7 heteroatoms. The Balaban J connectivity index is 1.77. The van der Waals surface area contributed by atoms with Crippen molar-refractivity contribution in [1.29, 1.82) is 0 Å². The minimum atomic E-state index is -0.311. The number of rotatable bonds is 3. The van der Waals surface area contributed by atoms with Gasteiger partial charge in [-0.3, -0.25) is 14.7 Å². The van der Waals surface area contributed by atoms with Gasteiger partial charge in [0.25, 0.3) is 5.91 Å². The summed E-state index contributed by atoms with van der Waals surface area (Å²) in [7, 11) is 1.77. The van der Waals surface area contributed by atoms with Crippen LogP contribution in [0.25, 0.3) is 0 Å². The maximum atomic E-state index is 11.9. The number of nitrogens with one attached hydrogen (secondary N) is 2. The van der Waals surface area contributed by atoms with Crippen LogP contribution in [0.4, 0.5) is 5.69 Å². The summed E-state index contributed by atoms with van der Waals surface area (Å²) in [6.45, 7) is 1.89. The highest BCUT2D eigenvalue weighted by Crippen LogP contribution is 2.30.